The van der Waals surface area contributed by atoms with Gasteiger partial charge in [-0.2, -0.15) is 0 Å². The second kappa shape index (κ2) is 7.24. The Bertz CT molecular complexity index is 241. The average molecular weight is 246 g/mol. The zero-order valence-electron chi connectivity index (χ0n) is 10.1. The Morgan fingerprint density at radius 1 is 1.12 bits per heavy atom. The van der Waals surface area contributed by atoms with Crippen LogP contribution in [0.15, 0.2) is 0 Å². The summed E-state index contributed by atoms with van der Waals surface area (Å²) in [6.07, 6.45) is -0.156. The number of carbonyl (C=O) groups is 2. The Kier molecular flexibility index (Phi) is 5.93. The van der Waals surface area contributed by atoms with E-state index in [1.807, 2.05) is 0 Å². The van der Waals surface area contributed by atoms with Gasteiger partial charge in [0.2, 0.25) is 5.92 Å². The molecule has 98 valence electrons. The molecule has 6 nitrogen and oxygen atoms in total. The van der Waals surface area contributed by atoms with E-state index in [1.165, 1.54) is 0 Å². The molecule has 0 bridgehead atoms. The summed E-state index contributed by atoms with van der Waals surface area (Å²) < 4.78 is 20.2. The fraction of sp³-hybridized carbons (Fsp3) is 0.818. The van der Waals surface area contributed by atoms with E-state index in [9.17, 15) is 9.59 Å². The van der Waals surface area contributed by atoms with E-state index in [-0.39, 0.29) is 13.2 Å². The van der Waals surface area contributed by atoms with Crippen LogP contribution in [0.5, 0.6) is 0 Å². The third kappa shape index (κ3) is 3.98. The van der Waals surface area contributed by atoms with Crippen molar-refractivity contribution in [3.63, 3.8) is 0 Å². The molecule has 1 aliphatic heterocycles. The molecule has 1 heterocycles. The van der Waals surface area contributed by atoms with Crippen molar-refractivity contribution in [2.45, 2.75) is 26.6 Å². The molecule has 0 unspecified atom stereocenters. The molecule has 0 saturated carbocycles. The van der Waals surface area contributed by atoms with Crippen LogP contribution in [-0.4, -0.2) is 44.7 Å². The Labute approximate surface area is 100 Å². The Balaban J connectivity index is 2.69. The van der Waals surface area contributed by atoms with Crippen molar-refractivity contribution in [1.82, 2.24) is 0 Å². The summed E-state index contributed by atoms with van der Waals surface area (Å²) in [6, 6.07) is 0. The van der Waals surface area contributed by atoms with E-state index in [0.29, 0.717) is 13.2 Å². The first-order valence-corrected chi connectivity index (χ1v) is 5.77. The summed E-state index contributed by atoms with van der Waals surface area (Å²) in [5, 5.41) is 0. The summed E-state index contributed by atoms with van der Waals surface area (Å²) in [5.74, 6) is -2.49. The third-order valence-electron chi connectivity index (χ3n) is 2.21. The van der Waals surface area contributed by atoms with Gasteiger partial charge in [0.25, 0.3) is 0 Å². The number of hydrogen-bond donors (Lipinski definition) is 0. The highest BCUT2D eigenvalue weighted by Gasteiger charge is 2.40. The zero-order chi connectivity index (χ0) is 12.7. The third-order valence-corrected chi connectivity index (χ3v) is 2.21. The van der Waals surface area contributed by atoms with Crippen LogP contribution in [0.4, 0.5) is 0 Å². The summed E-state index contributed by atoms with van der Waals surface area (Å²) in [5.41, 5.74) is 0. The molecule has 1 rings (SSSR count). The molecule has 0 N–H and O–H groups in total. The van der Waals surface area contributed by atoms with Gasteiger partial charge in [0.1, 0.15) is 0 Å². The summed E-state index contributed by atoms with van der Waals surface area (Å²) in [4.78, 5) is 23.4. The van der Waals surface area contributed by atoms with Crippen LogP contribution in [0.25, 0.3) is 0 Å². The number of esters is 2. The van der Waals surface area contributed by atoms with E-state index in [0.717, 1.165) is 6.42 Å². The van der Waals surface area contributed by atoms with E-state index in [2.05, 4.69) is 0 Å². The highest BCUT2D eigenvalue weighted by atomic mass is 16.7. The van der Waals surface area contributed by atoms with E-state index in [1.54, 1.807) is 13.8 Å². The van der Waals surface area contributed by atoms with Gasteiger partial charge in [0, 0.05) is 0 Å². The minimum atomic E-state index is -1.16. The van der Waals surface area contributed by atoms with Crippen LogP contribution in [0.1, 0.15) is 20.3 Å². The van der Waals surface area contributed by atoms with Crippen molar-refractivity contribution in [3.05, 3.63) is 0 Å². The van der Waals surface area contributed by atoms with Gasteiger partial charge in [0.05, 0.1) is 26.4 Å². The molecule has 0 radical (unpaired) electrons. The molecule has 0 atom stereocenters. The van der Waals surface area contributed by atoms with Gasteiger partial charge in [-0.25, -0.2) is 0 Å². The van der Waals surface area contributed by atoms with Crippen LogP contribution in [0, 0.1) is 5.92 Å². The van der Waals surface area contributed by atoms with Gasteiger partial charge >= 0.3 is 11.9 Å². The molecule has 1 saturated heterocycles. The SMILES string of the molecule is CCOC(=O)C(C(=O)OCC)C1OCCCO1. The van der Waals surface area contributed by atoms with Crippen molar-refractivity contribution >= 4 is 11.9 Å². The second-order valence-electron chi connectivity index (χ2n) is 3.45. The fourth-order valence-electron chi connectivity index (χ4n) is 1.48. The molecule has 6 heteroatoms. The monoisotopic (exact) mass is 246 g/mol. The molecule has 0 spiro atoms. The van der Waals surface area contributed by atoms with Crippen LogP contribution in [0.2, 0.25) is 0 Å². The molecule has 1 aliphatic rings. The number of ether oxygens (including phenoxy) is 4. The van der Waals surface area contributed by atoms with Gasteiger partial charge < -0.3 is 18.9 Å². The van der Waals surface area contributed by atoms with Gasteiger partial charge in [0.15, 0.2) is 6.29 Å². The maximum atomic E-state index is 11.7. The highest BCUT2D eigenvalue weighted by Crippen LogP contribution is 2.18. The Hall–Kier alpha value is -1.14. The van der Waals surface area contributed by atoms with Crippen molar-refractivity contribution in [2.24, 2.45) is 5.92 Å². The molecule has 17 heavy (non-hydrogen) atoms. The van der Waals surface area contributed by atoms with Crippen molar-refractivity contribution < 1.29 is 28.5 Å². The summed E-state index contributed by atoms with van der Waals surface area (Å²) in [7, 11) is 0. The van der Waals surface area contributed by atoms with Crippen LogP contribution < -0.4 is 0 Å². The van der Waals surface area contributed by atoms with E-state index >= 15 is 0 Å². The topological polar surface area (TPSA) is 71.1 Å². The van der Waals surface area contributed by atoms with Crippen molar-refractivity contribution in [1.29, 1.82) is 0 Å². The lowest BCUT2D eigenvalue weighted by Crippen LogP contribution is -2.43. The van der Waals surface area contributed by atoms with Crippen molar-refractivity contribution in [3.8, 4) is 0 Å². The maximum Gasteiger partial charge on any atom is 0.325 e. The molecular weight excluding hydrogens is 228 g/mol. The van der Waals surface area contributed by atoms with Crippen molar-refractivity contribution in [2.75, 3.05) is 26.4 Å². The van der Waals surface area contributed by atoms with Crippen LogP contribution >= 0.6 is 0 Å². The average Bonchev–Trinajstić information content (AvgIpc) is 2.31. The Morgan fingerprint density at radius 3 is 2.00 bits per heavy atom. The standard InChI is InChI=1S/C11H18O6/c1-3-14-9(12)8(10(13)15-4-2)11-16-6-5-7-17-11/h8,11H,3-7H2,1-2H3. The zero-order valence-corrected chi connectivity index (χ0v) is 10.1. The van der Waals surface area contributed by atoms with Gasteiger partial charge in [-0.1, -0.05) is 0 Å². The molecule has 0 aromatic carbocycles. The van der Waals surface area contributed by atoms with Crippen LogP contribution in [-0.2, 0) is 28.5 Å². The predicted molar refractivity (Wildman–Crippen MR) is 57.1 cm³/mol. The minimum absolute atomic E-state index is 0.196. The normalized spacial score (nSPS) is 16.9. The Morgan fingerprint density at radius 2 is 1.59 bits per heavy atom. The van der Waals surface area contributed by atoms with Gasteiger partial charge in [-0.3, -0.25) is 9.59 Å². The number of rotatable bonds is 5. The lowest BCUT2D eigenvalue weighted by molar-refractivity contribution is -0.219. The van der Waals surface area contributed by atoms with Gasteiger partial charge in [-0.15, -0.1) is 0 Å². The number of hydrogen-bond acceptors (Lipinski definition) is 6. The van der Waals surface area contributed by atoms with E-state index in [4.69, 9.17) is 18.9 Å². The van der Waals surface area contributed by atoms with Crippen LogP contribution in [0.3, 0.4) is 0 Å². The fourth-order valence-corrected chi connectivity index (χ4v) is 1.48. The smallest absolute Gasteiger partial charge is 0.325 e. The molecule has 0 aliphatic carbocycles. The number of carbonyl (C=O) groups excluding carboxylic acids is 2. The summed E-state index contributed by atoms with van der Waals surface area (Å²) >= 11 is 0. The second-order valence-corrected chi connectivity index (χ2v) is 3.45. The molecule has 1 fully saturated rings. The van der Waals surface area contributed by atoms with Gasteiger partial charge in [-0.05, 0) is 20.3 Å². The molecule has 0 aromatic rings. The lowest BCUT2D eigenvalue weighted by Gasteiger charge is -2.27. The predicted octanol–water partition coefficient (Wildman–Crippen LogP) is 0.492. The first-order valence-electron chi connectivity index (χ1n) is 5.77. The quantitative estimate of drug-likeness (QED) is 0.519. The first-order chi connectivity index (χ1) is 8.20. The van der Waals surface area contributed by atoms with E-state index < -0.39 is 24.1 Å². The largest absolute Gasteiger partial charge is 0.465 e. The lowest BCUT2D eigenvalue weighted by atomic mass is 10.1. The molecule has 0 aromatic heterocycles. The molecule has 0 amide bonds. The molecular formula is C11H18O6. The first kappa shape index (κ1) is 13.9. The highest BCUT2D eigenvalue weighted by molar-refractivity contribution is 5.95. The summed E-state index contributed by atoms with van der Waals surface area (Å²) in [6.45, 7) is 4.65. The minimum Gasteiger partial charge on any atom is -0.465 e. The maximum absolute atomic E-state index is 11.7.